The molecular formula is C26H27NO6. The highest BCUT2D eigenvalue weighted by Gasteiger charge is 2.18. The predicted octanol–water partition coefficient (Wildman–Crippen LogP) is 4.48. The van der Waals surface area contributed by atoms with Crippen molar-refractivity contribution in [2.24, 2.45) is 0 Å². The van der Waals surface area contributed by atoms with Crippen LogP contribution in [0, 0.1) is 0 Å². The number of likely N-dealkylation sites (N-methyl/N-ethyl adjacent to an activating group) is 1. The molecule has 0 aromatic heterocycles. The molecule has 0 radical (unpaired) electrons. The number of esters is 1. The van der Waals surface area contributed by atoms with Crippen molar-refractivity contribution < 1.29 is 28.5 Å². The highest BCUT2D eigenvalue weighted by molar-refractivity contribution is 6.04. The molecule has 3 aromatic rings. The van der Waals surface area contributed by atoms with Gasteiger partial charge in [0.1, 0.15) is 0 Å². The second-order valence-corrected chi connectivity index (χ2v) is 7.04. The zero-order valence-corrected chi connectivity index (χ0v) is 19.2. The molecule has 0 heterocycles. The Morgan fingerprint density at radius 1 is 0.909 bits per heavy atom. The zero-order chi connectivity index (χ0) is 23.8. The summed E-state index contributed by atoms with van der Waals surface area (Å²) in [6, 6.07) is 17.0. The van der Waals surface area contributed by atoms with Crippen molar-refractivity contribution in [2.75, 3.05) is 39.4 Å². The standard InChI is InChI=1S/C26H27NO6/c1-5-27(21-12-8-10-19-9-6-7-11-20(19)21)24(28)17-33-25(29)14-13-18-15-22(30-2)26(32-4)23(16-18)31-3/h6-16H,5,17H2,1-4H3/b14-13+. The van der Waals surface area contributed by atoms with Crippen LogP contribution in [-0.2, 0) is 14.3 Å². The highest BCUT2D eigenvalue weighted by atomic mass is 16.5. The normalized spacial score (nSPS) is 10.8. The van der Waals surface area contributed by atoms with E-state index in [1.165, 1.54) is 27.4 Å². The van der Waals surface area contributed by atoms with Gasteiger partial charge in [0.2, 0.25) is 5.75 Å². The Balaban J connectivity index is 1.69. The molecule has 0 N–H and O–H groups in total. The van der Waals surface area contributed by atoms with Gasteiger partial charge in [-0.1, -0.05) is 36.4 Å². The van der Waals surface area contributed by atoms with Crippen LogP contribution in [0.1, 0.15) is 12.5 Å². The molecule has 0 aliphatic carbocycles. The van der Waals surface area contributed by atoms with E-state index in [-0.39, 0.29) is 12.5 Å². The fourth-order valence-electron chi connectivity index (χ4n) is 3.55. The summed E-state index contributed by atoms with van der Waals surface area (Å²) in [5.41, 5.74) is 1.43. The lowest BCUT2D eigenvalue weighted by Crippen LogP contribution is -2.34. The van der Waals surface area contributed by atoms with E-state index in [1.54, 1.807) is 23.1 Å². The van der Waals surface area contributed by atoms with Crippen molar-refractivity contribution in [3.05, 3.63) is 66.2 Å². The van der Waals surface area contributed by atoms with E-state index in [0.717, 1.165) is 16.5 Å². The second-order valence-electron chi connectivity index (χ2n) is 7.04. The number of methoxy groups -OCH3 is 3. The highest BCUT2D eigenvalue weighted by Crippen LogP contribution is 2.38. The molecule has 0 unspecified atom stereocenters. The fourth-order valence-corrected chi connectivity index (χ4v) is 3.55. The number of benzene rings is 3. The number of nitrogens with zero attached hydrogens (tertiary/aromatic N) is 1. The molecule has 0 saturated heterocycles. The molecule has 0 saturated carbocycles. The molecule has 33 heavy (non-hydrogen) atoms. The number of amides is 1. The fraction of sp³-hybridized carbons (Fsp3) is 0.231. The van der Waals surface area contributed by atoms with Gasteiger partial charge in [-0.3, -0.25) is 4.79 Å². The van der Waals surface area contributed by atoms with Crippen LogP contribution in [0.5, 0.6) is 17.2 Å². The van der Waals surface area contributed by atoms with Crippen molar-refractivity contribution in [3.8, 4) is 17.2 Å². The van der Waals surface area contributed by atoms with E-state index in [9.17, 15) is 9.59 Å². The minimum Gasteiger partial charge on any atom is -0.493 e. The van der Waals surface area contributed by atoms with Crippen LogP contribution in [-0.4, -0.2) is 46.4 Å². The molecule has 0 bridgehead atoms. The van der Waals surface area contributed by atoms with Crippen molar-refractivity contribution in [2.45, 2.75) is 6.92 Å². The lowest BCUT2D eigenvalue weighted by atomic mass is 10.1. The molecule has 3 rings (SSSR count). The summed E-state index contributed by atoms with van der Waals surface area (Å²) in [7, 11) is 4.54. The molecule has 0 aliphatic rings. The average Bonchev–Trinajstić information content (AvgIpc) is 2.85. The lowest BCUT2D eigenvalue weighted by molar-refractivity contribution is -0.142. The predicted molar refractivity (Wildman–Crippen MR) is 128 cm³/mol. The van der Waals surface area contributed by atoms with Crippen LogP contribution in [0.3, 0.4) is 0 Å². The Bertz CT molecular complexity index is 1140. The molecule has 0 aliphatic heterocycles. The van der Waals surface area contributed by atoms with E-state index in [2.05, 4.69) is 0 Å². The first kappa shape index (κ1) is 23.7. The van der Waals surface area contributed by atoms with Gasteiger partial charge in [-0.15, -0.1) is 0 Å². The largest absolute Gasteiger partial charge is 0.493 e. The van der Waals surface area contributed by atoms with E-state index in [1.807, 2.05) is 49.4 Å². The Morgan fingerprint density at radius 2 is 1.58 bits per heavy atom. The monoisotopic (exact) mass is 449 g/mol. The van der Waals surface area contributed by atoms with Gasteiger partial charge in [-0.2, -0.15) is 0 Å². The summed E-state index contributed by atoms with van der Waals surface area (Å²) in [5, 5.41) is 2.00. The number of hydrogen-bond donors (Lipinski definition) is 0. The third-order valence-electron chi connectivity index (χ3n) is 5.11. The first-order chi connectivity index (χ1) is 16.0. The van der Waals surface area contributed by atoms with Crippen LogP contribution < -0.4 is 19.1 Å². The van der Waals surface area contributed by atoms with Crippen LogP contribution >= 0.6 is 0 Å². The molecule has 1 amide bonds. The Kier molecular flexibility index (Phi) is 7.91. The Hall–Kier alpha value is -4.00. The van der Waals surface area contributed by atoms with Crippen molar-refractivity contribution >= 4 is 34.4 Å². The summed E-state index contributed by atoms with van der Waals surface area (Å²) in [4.78, 5) is 26.7. The zero-order valence-electron chi connectivity index (χ0n) is 19.2. The van der Waals surface area contributed by atoms with Gasteiger partial charge >= 0.3 is 5.97 Å². The van der Waals surface area contributed by atoms with Gasteiger partial charge < -0.3 is 23.8 Å². The van der Waals surface area contributed by atoms with Crippen LogP contribution in [0.25, 0.3) is 16.8 Å². The summed E-state index contributed by atoms with van der Waals surface area (Å²) >= 11 is 0. The Labute approximate surface area is 193 Å². The van der Waals surface area contributed by atoms with Crippen LogP contribution in [0.2, 0.25) is 0 Å². The second kappa shape index (κ2) is 11.0. The SMILES string of the molecule is CCN(C(=O)COC(=O)/C=C/c1cc(OC)c(OC)c(OC)c1)c1cccc2ccccc12. The number of hydrogen-bond acceptors (Lipinski definition) is 6. The summed E-state index contributed by atoms with van der Waals surface area (Å²) in [6.07, 6.45) is 2.81. The van der Waals surface area contributed by atoms with Gasteiger partial charge in [-0.25, -0.2) is 4.79 Å². The summed E-state index contributed by atoms with van der Waals surface area (Å²) < 4.78 is 21.1. The molecule has 0 spiro atoms. The van der Waals surface area contributed by atoms with E-state index >= 15 is 0 Å². The molecule has 7 nitrogen and oxygen atoms in total. The van der Waals surface area contributed by atoms with Crippen LogP contribution in [0.15, 0.2) is 60.7 Å². The van der Waals surface area contributed by atoms with Gasteiger partial charge in [-0.05, 0) is 42.1 Å². The maximum absolute atomic E-state index is 12.8. The maximum atomic E-state index is 12.8. The Morgan fingerprint density at radius 3 is 2.21 bits per heavy atom. The molecule has 7 heteroatoms. The number of carbonyl (C=O) groups excluding carboxylic acids is 2. The van der Waals surface area contributed by atoms with E-state index in [0.29, 0.717) is 29.4 Å². The minimum absolute atomic E-state index is 0.302. The number of ether oxygens (including phenoxy) is 4. The van der Waals surface area contributed by atoms with Gasteiger partial charge in [0.15, 0.2) is 18.1 Å². The topological polar surface area (TPSA) is 74.3 Å². The smallest absolute Gasteiger partial charge is 0.331 e. The summed E-state index contributed by atoms with van der Waals surface area (Å²) in [6.45, 7) is 1.97. The minimum atomic E-state index is -0.633. The van der Waals surface area contributed by atoms with Crippen molar-refractivity contribution in [1.82, 2.24) is 0 Å². The van der Waals surface area contributed by atoms with Crippen molar-refractivity contribution in [1.29, 1.82) is 0 Å². The molecule has 3 aromatic carbocycles. The third-order valence-corrected chi connectivity index (χ3v) is 5.11. The number of fused-ring (bicyclic) bond motifs is 1. The average molecular weight is 450 g/mol. The number of anilines is 1. The summed E-state index contributed by atoms with van der Waals surface area (Å²) in [5.74, 6) is 0.454. The van der Waals surface area contributed by atoms with Crippen molar-refractivity contribution in [3.63, 3.8) is 0 Å². The van der Waals surface area contributed by atoms with Gasteiger partial charge in [0.05, 0.1) is 27.0 Å². The van der Waals surface area contributed by atoms with E-state index in [4.69, 9.17) is 18.9 Å². The number of carbonyl (C=O) groups is 2. The third kappa shape index (κ3) is 5.44. The molecule has 0 fully saturated rings. The first-order valence-electron chi connectivity index (χ1n) is 10.4. The molecule has 172 valence electrons. The van der Waals surface area contributed by atoms with Gasteiger partial charge in [0.25, 0.3) is 5.91 Å². The van der Waals surface area contributed by atoms with E-state index < -0.39 is 5.97 Å². The van der Waals surface area contributed by atoms with Crippen LogP contribution in [0.4, 0.5) is 5.69 Å². The maximum Gasteiger partial charge on any atom is 0.331 e. The molecule has 0 atom stereocenters. The number of rotatable bonds is 9. The quantitative estimate of drug-likeness (QED) is 0.354. The van der Waals surface area contributed by atoms with Gasteiger partial charge in [0, 0.05) is 18.0 Å². The first-order valence-corrected chi connectivity index (χ1v) is 10.4. The lowest BCUT2D eigenvalue weighted by Gasteiger charge is -2.22. The molecular weight excluding hydrogens is 422 g/mol.